The molecule has 0 aliphatic carbocycles. The molecule has 0 radical (unpaired) electrons. The van der Waals surface area contributed by atoms with E-state index in [1.54, 1.807) is 22.8 Å². The minimum absolute atomic E-state index is 0.00639. The molecule has 1 amide bonds. The Morgan fingerprint density at radius 2 is 2.21 bits per heavy atom. The molecule has 8 heteroatoms. The van der Waals surface area contributed by atoms with E-state index in [0.29, 0.717) is 26.1 Å². The second-order valence-electron chi connectivity index (χ2n) is 4.79. The predicted octanol–water partition coefficient (Wildman–Crippen LogP) is -0.630. The fourth-order valence-electron chi connectivity index (χ4n) is 1.98. The van der Waals surface area contributed by atoms with Crippen LogP contribution in [-0.2, 0) is 20.9 Å². The quantitative estimate of drug-likeness (QED) is 0.737. The van der Waals surface area contributed by atoms with Crippen LogP contribution in [0.3, 0.4) is 0 Å². The maximum Gasteiger partial charge on any atom is 0.329 e. The number of amides is 1. The summed E-state index contributed by atoms with van der Waals surface area (Å²) < 4.78 is 6.83. The zero-order chi connectivity index (χ0) is 13.9. The Balaban J connectivity index is 1.70. The fourth-order valence-corrected chi connectivity index (χ4v) is 1.98. The number of likely N-dealkylation sites (tertiary alicyclic amines) is 1. The van der Waals surface area contributed by atoms with Crippen LogP contribution >= 0.6 is 0 Å². The van der Waals surface area contributed by atoms with Crippen LogP contribution in [0.15, 0.2) is 12.7 Å². The lowest BCUT2D eigenvalue weighted by Crippen LogP contribution is -2.63. The van der Waals surface area contributed by atoms with Crippen molar-refractivity contribution in [2.24, 2.45) is 0 Å². The van der Waals surface area contributed by atoms with Gasteiger partial charge in [-0.3, -0.25) is 9.48 Å². The van der Waals surface area contributed by atoms with Crippen molar-refractivity contribution in [1.82, 2.24) is 19.7 Å². The van der Waals surface area contributed by atoms with E-state index in [9.17, 15) is 9.59 Å². The van der Waals surface area contributed by atoms with E-state index in [1.165, 1.54) is 6.33 Å². The zero-order valence-corrected chi connectivity index (χ0v) is 10.7. The van der Waals surface area contributed by atoms with E-state index >= 15 is 0 Å². The van der Waals surface area contributed by atoms with Crippen LogP contribution in [0.2, 0.25) is 0 Å². The van der Waals surface area contributed by atoms with Crippen LogP contribution in [-0.4, -0.2) is 61.9 Å². The average molecular weight is 268 g/mol. The first-order valence-corrected chi connectivity index (χ1v) is 5.94. The molecule has 1 aromatic rings. The molecule has 19 heavy (non-hydrogen) atoms. The number of carbonyl (C=O) groups excluding carboxylic acids is 1. The van der Waals surface area contributed by atoms with Gasteiger partial charge in [-0.1, -0.05) is 0 Å². The normalized spacial score (nSPS) is 17.0. The summed E-state index contributed by atoms with van der Waals surface area (Å²) in [6, 6.07) is 0. The van der Waals surface area contributed by atoms with Crippen molar-refractivity contribution < 1.29 is 19.4 Å². The number of hydrogen-bond donors (Lipinski definition) is 1. The molecular formula is C11H16N4O4. The monoisotopic (exact) mass is 268 g/mol. The van der Waals surface area contributed by atoms with E-state index in [1.807, 2.05) is 0 Å². The molecule has 1 fully saturated rings. The molecule has 0 bridgehead atoms. The van der Waals surface area contributed by atoms with Gasteiger partial charge in [-0.05, 0) is 6.92 Å². The largest absolute Gasteiger partial charge is 0.480 e. The minimum atomic E-state index is -1.00. The van der Waals surface area contributed by atoms with Crippen molar-refractivity contribution in [3.05, 3.63) is 12.7 Å². The number of aryl methyl sites for hydroxylation is 1. The third-order valence-electron chi connectivity index (χ3n) is 2.97. The first-order chi connectivity index (χ1) is 8.98. The Kier molecular flexibility index (Phi) is 3.79. The maximum atomic E-state index is 11.8. The van der Waals surface area contributed by atoms with Gasteiger partial charge in [0.2, 0.25) is 5.91 Å². The number of carbonyl (C=O) groups is 2. The van der Waals surface area contributed by atoms with Crippen molar-refractivity contribution in [2.45, 2.75) is 25.5 Å². The van der Waals surface area contributed by atoms with Crippen LogP contribution in [0.1, 0.15) is 13.3 Å². The van der Waals surface area contributed by atoms with Gasteiger partial charge in [0, 0.05) is 6.42 Å². The van der Waals surface area contributed by atoms with Crippen LogP contribution in [0.4, 0.5) is 0 Å². The zero-order valence-electron chi connectivity index (χ0n) is 10.7. The summed E-state index contributed by atoms with van der Waals surface area (Å²) in [5.74, 6) is -0.996. The van der Waals surface area contributed by atoms with Gasteiger partial charge in [-0.15, -0.1) is 0 Å². The molecule has 0 spiro atoms. The van der Waals surface area contributed by atoms with Crippen molar-refractivity contribution in [1.29, 1.82) is 0 Å². The molecule has 1 aliphatic heterocycles. The summed E-state index contributed by atoms with van der Waals surface area (Å²) in [5.41, 5.74) is -0.540. The number of ether oxygens (including phenoxy) is 1. The molecule has 1 aliphatic rings. The lowest BCUT2D eigenvalue weighted by atomic mass is 9.96. The summed E-state index contributed by atoms with van der Waals surface area (Å²) >= 11 is 0. The van der Waals surface area contributed by atoms with Gasteiger partial charge in [0.15, 0.2) is 0 Å². The summed E-state index contributed by atoms with van der Waals surface area (Å²) in [6.45, 7) is 2.81. The first-order valence-electron chi connectivity index (χ1n) is 5.94. The molecule has 104 valence electrons. The van der Waals surface area contributed by atoms with E-state index < -0.39 is 11.6 Å². The second-order valence-corrected chi connectivity index (χ2v) is 4.79. The van der Waals surface area contributed by atoms with Crippen LogP contribution < -0.4 is 0 Å². The molecule has 1 aromatic heterocycles. The van der Waals surface area contributed by atoms with Gasteiger partial charge in [0.25, 0.3) is 0 Å². The lowest BCUT2D eigenvalue weighted by molar-refractivity contribution is -0.173. The van der Waals surface area contributed by atoms with Crippen molar-refractivity contribution >= 4 is 11.9 Å². The number of nitrogens with zero attached hydrogens (tertiary/aromatic N) is 4. The molecule has 0 saturated carbocycles. The highest BCUT2D eigenvalue weighted by atomic mass is 16.5. The summed E-state index contributed by atoms with van der Waals surface area (Å²) in [5, 5.41) is 12.5. The van der Waals surface area contributed by atoms with Gasteiger partial charge >= 0.3 is 5.97 Å². The highest BCUT2D eigenvalue weighted by molar-refractivity contribution is 5.77. The van der Waals surface area contributed by atoms with Gasteiger partial charge in [0.1, 0.15) is 24.9 Å². The number of aliphatic carboxylic acids is 1. The summed E-state index contributed by atoms with van der Waals surface area (Å²) in [6.07, 6.45) is 3.33. The minimum Gasteiger partial charge on any atom is -0.480 e. The van der Waals surface area contributed by atoms with Crippen molar-refractivity contribution in [2.75, 3.05) is 19.7 Å². The van der Waals surface area contributed by atoms with Gasteiger partial charge < -0.3 is 14.7 Å². The molecule has 0 aromatic carbocycles. The number of aromatic nitrogens is 3. The van der Waals surface area contributed by atoms with Crippen molar-refractivity contribution in [3.8, 4) is 0 Å². The van der Waals surface area contributed by atoms with Crippen LogP contribution in [0.25, 0.3) is 0 Å². The van der Waals surface area contributed by atoms with Crippen LogP contribution in [0, 0.1) is 0 Å². The van der Waals surface area contributed by atoms with Gasteiger partial charge in [-0.2, -0.15) is 5.10 Å². The summed E-state index contributed by atoms with van der Waals surface area (Å²) in [7, 11) is 0. The number of carboxylic acids is 1. The standard InChI is InChI=1S/C11H16N4O4/c1-11(19-4-10(17)18)5-14(6-11)9(16)2-3-15-8-12-7-13-15/h7-8H,2-6H2,1H3,(H,17,18). The Hall–Kier alpha value is -1.96. The fraction of sp³-hybridized carbons (Fsp3) is 0.636. The highest BCUT2D eigenvalue weighted by Crippen LogP contribution is 2.25. The van der Waals surface area contributed by atoms with Crippen molar-refractivity contribution in [3.63, 3.8) is 0 Å². The molecule has 2 heterocycles. The Labute approximate surface area is 110 Å². The number of hydrogen-bond acceptors (Lipinski definition) is 5. The van der Waals surface area contributed by atoms with Gasteiger partial charge in [0.05, 0.1) is 19.6 Å². The van der Waals surface area contributed by atoms with Gasteiger partial charge in [-0.25, -0.2) is 9.78 Å². The Morgan fingerprint density at radius 3 is 2.79 bits per heavy atom. The Morgan fingerprint density at radius 1 is 1.47 bits per heavy atom. The molecular weight excluding hydrogens is 252 g/mol. The Bertz CT molecular complexity index is 453. The highest BCUT2D eigenvalue weighted by Gasteiger charge is 2.42. The molecule has 1 N–H and O–H groups in total. The maximum absolute atomic E-state index is 11.8. The smallest absolute Gasteiger partial charge is 0.329 e. The molecule has 1 saturated heterocycles. The lowest BCUT2D eigenvalue weighted by Gasteiger charge is -2.47. The second kappa shape index (κ2) is 5.35. The molecule has 0 unspecified atom stereocenters. The van der Waals surface area contributed by atoms with E-state index in [0.717, 1.165) is 0 Å². The summed E-state index contributed by atoms with van der Waals surface area (Å²) in [4.78, 5) is 27.7. The SMILES string of the molecule is CC1(OCC(=O)O)CN(C(=O)CCn2cncn2)C1. The number of carboxylic acid groups (broad SMARTS) is 1. The third-order valence-corrected chi connectivity index (χ3v) is 2.97. The molecule has 8 nitrogen and oxygen atoms in total. The molecule has 2 rings (SSSR count). The number of rotatable bonds is 6. The van der Waals surface area contributed by atoms with Crippen LogP contribution in [0.5, 0.6) is 0 Å². The van der Waals surface area contributed by atoms with E-state index in [4.69, 9.17) is 9.84 Å². The van der Waals surface area contributed by atoms with E-state index in [2.05, 4.69) is 10.1 Å². The predicted molar refractivity (Wildman–Crippen MR) is 63.2 cm³/mol. The average Bonchev–Trinajstić information content (AvgIpc) is 2.83. The topological polar surface area (TPSA) is 97.6 Å². The molecule has 0 atom stereocenters. The third kappa shape index (κ3) is 3.50. The first kappa shape index (κ1) is 13.5. The van der Waals surface area contributed by atoms with E-state index in [-0.39, 0.29) is 12.5 Å².